The maximum absolute atomic E-state index is 12.6. The van der Waals surface area contributed by atoms with E-state index in [4.69, 9.17) is 0 Å². The molecule has 0 atom stereocenters. The highest BCUT2D eigenvalue weighted by Crippen LogP contribution is 2.27. The number of hydrogen-bond donors (Lipinski definition) is 2. The summed E-state index contributed by atoms with van der Waals surface area (Å²) in [5, 5.41) is 16.4. The lowest BCUT2D eigenvalue weighted by Gasteiger charge is -2.27. The summed E-state index contributed by atoms with van der Waals surface area (Å²) in [4.78, 5) is 18.7. The Morgan fingerprint density at radius 1 is 0.897 bits per heavy atom. The summed E-state index contributed by atoms with van der Waals surface area (Å²) in [5.74, 6) is 0.0769. The Bertz CT molecular complexity index is 1550. The molecule has 39 heavy (non-hydrogen) atoms. The monoisotopic (exact) mass is 515 g/mol. The maximum atomic E-state index is 12.6. The first kappa shape index (κ1) is 24.5. The molecule has 2 aliphatic heterocycles. The molecule has 7 rings (SSSR count). The molecule has 0 spiro atoms. The summed E-state index contributed by atoms with van der Waals surface area (Å²) in [7, 11) is 0. The summed E-state index contributed by atoms with van der Waals surface area (Å²) in [6.45, 7) is 4.05. The minimum absolute atomic E-state index is 0.0769. The molecule has 0 radical (unpaired) electrons. The molecule has 194 valence electrons. The Morgan fingerprint density at radius 2 is 1.72 bits per heavy atom. The van der Waals surface area contributed by atoms with E-state index in [1.54, 1.807) is 4.68 Å². The van der Waals surface area contributed by atoms with Crippen molar-refractivity contribution >= 4 is 28.6 Å². The van der Waals surface area contributed by atoms with Crippen molar-refractivity contribution in [3.05, 3.63) is 108 Å². The average Bonchev–Trinajstić information content (AvgIpc) is 3.52. The fourth-order valence-electron chi connectivity index (χ4n) is 4.72. The number of fused-ring (bicyclic) bond motifs is 2. The minimum Gasteiger partial charge on any atom is -0.381 e. The number of nitrogens with zero attached hydrogens (tertiary/aromatic N) is 5. The van der Waals surface area contributed by atoms with Gasteiger partial charge < -0.3 is 15.5 Å². The van der Waals surface area contributed by atoms with E-state index in [0.29, 0.717) is 5.56 Å². The van der Waals surface area contributed by atoms with Gasteiger partial charge in [0.1, 0.15) is 5.69 Å². The molecule has 0 bridgehead atoms. The predicted octanol–water partition coefficient (Wildman–Crippen LogP) is 4.65. The third-order valence-corrected chi connectivity index (χ3v) is 6.84. The highest BCUT2D eigenvalue weighted by atomic mass is 16.2. The summed E-state index contributed by atoms with van der Waals surface area (Å²) >= 11 is 0. The van der Waals surface area contributed by atoms with Crippen LogP contribution < -0.4 is 10.6 Å². The van der Waals surface area contributed by atoms with Gasteiger partial charge in [-0.15, -0.1) is 5.10 Å². The Labute approximate surface area is 227 Å². The number of carbonyl (C=O) groups excluding carboxylic acids is 1. The third kappa shape index (κ3) is 5.56. The summed E-state index contributed by atoms with van der Waals surface area (Å²) in [6.07, 6.45) is 7.94. The number of aromatic nitrogens is 4. The third-order valence-electron chi connectivity index (χ3n) is 6.84. The standard InChI is InChI=1S/C22H22N6O.C9H7N/c29-22(27-12-10-23-11-13-27)16-3-6-19(7-4-16)28-15-21(25-26-28)18-5-8-20-17(14-18)2-1-9-24-20;1-2-6-9-8(4-1)5-3-7-10-9/h1-8,14-15,23-24H,9-13H2;1-7H. The van der Waals surface area contributed by atoms with Gasteiger partial charge in [0.2, 0.25) is 0 Å². The van der Waals surface area contributed by atoms with E-state index in [1.165, 1.54) is 5.39 Å². The fourth-order valence-corrected chi connectivity index (χ4v) is 4.72. The maximum Gasteiger partial charge on any atom is 0.253 e. The molecule has 8 nitrogen and oxygen atoms in total. The fraction of sp³-hybridized carbons (Fsp3) is 0.161. The zero-order valence-electron chi connectivity index (χ0n) is 21.5. The highest BCUT2D eigenvalue weighted by molar-refractivity contribution is 5.94. The van der Waals surface area contributed by atoms with Gasteiger partial charge in [-0.25, -0.2) is 4.68 Å². The van der Waals surface area contributed by atoms with Crippen molar-refractivity contribution in [1.82, 2.24) is 30.2 Å². The number of benzene rings is 3. The molecule has 0 saturated carbocycles. The first-order valence-electron chi connectivity index (χ1n) is 13.1. The number of pyridine rings is 1. The van der Waals surface area contributed by atoms with E-state index in [-0.39, 0.29) is 5.91 Å². The summed E-state index contributed by atoms with van der Waals surface area (Å²) in [5.41, 5.74) is 6.75. The molecule has 4 heterocycles. The zero-order chi connectivity index (χ0) is 26.4. The van der Waals surface area contributed by atoms with Crippen molar-refractivity contribution in [3.63, 3.8) is 0 Å². The number of amides is 1. The number of nitrogens with one attached hydrogen (secondary N) is 2. The lowest BCUT2D eigenvalue weighted by atomic mass is 10.0. The average molecular weight is 516 g/mol. The molecule has 5 aromatic rings. The van der Waals surface area contributed by atoms with Crippen LogP contribution in [0.5, 0.6) is 0 Å². The molecule has 1 saturated heterocycles. The van der Waals surface area contributed by atoms with Crippen LogP contribution in [0.3, 0.4) is 0 Å². The van der Waals surface area contributed by atoms with Crippen LogP contribution in [0.4, 0.5) is 5.69 Å². The normalized spacial score (nSPS) is 14.2. The first-order chi connectivity index (χ1) is 19.2. The van der Waals surface area contributed by atoms with Crippen molar-refractivity contribution < 1.29 is 4.79 Å². The Kier molecular flexibility index (Phi) is 7.09. The smallest absolute Gasteiger partial charge is 0.253 e. The van der Waals surface area contributed by atoms with Crippen LogP contribution in [-0.4, -0.2) is 63.5 Å². The topological polar surface area (TPSA) is 88.0 Å². The minimum atomic E-state index is 0.0769. The second kappa shape index (κ2) is 11.3. The van der Waals surface area contributed by atoms with Crippen molar-refractivity contribution in [3.8, 4) is 16.9 Å². The SMILES string of the molecule is O=C(c1ccc(-n2cc(-c3ccc4c(c3)C=CCN4)nn2)cc1)N1CCNCC1.c1ccc2ncccc2c1. The molecule has 0 unspecified atom stereocenters. The lowest BCUT2D eigenvalue weighted by Crippen LogP contribution is -2.46. The molecular weight excluding hydrogens is 486 g/mol. The Balaban J connectivity index is 0.000000231. The second-order valence-corrected chi connectivity index (χ2v) is 9.42. The number of rotatable bonds is 3. The number of para-hydroxylation sites is 1. The van der Waals surface area contributed by atoms with Crippen molar-refractivity contribution in [2.24, 2.45) is 0 Å². The van der Waals surface area contributed by atoms with Crippen LogP contribution >= 0.6 is 0 Å². The van der Waals surface area contributed by atoms with Gasteiger partial charge in [-0.05, 0) is 54.1 Å². The van der Waals surface area contributed by atoms with Gasteiger partial charge >= 0.3 is 0 Å². The number of piperazine rings is 1. The van der Waals surface area contributed by atoms with Crippen LogP contribution in [-0.2, 0) is 0 Å². The van der Waals surface area contributed by atoms with Crippen LogP contribution in [0.25, 0.3) is 33.9 Å². The molecule has 1 fully saturated rings. The highest BCUT2D eigenvalue weighted by Gasteiger charge is 2.18. The van der Waals surface area contributed by atoms with E-state index in [1.807, 2.05) is 65.8 Å². The molecule has 2 N–H and O–H groups in total. The van der Waals surface area contributed by atoms with Gasteiger partial charge in [0.25, 0.3) is 5.91 Å². The van der Waals surface area contributed by atoms with E-state index >= 15 is 0 Å². The largest absolute Gasteiger partial charge is 0.381 e. The number of anilines is 1. The van der Waals surface area contributed by atoms with E-state index in [9.17, 15) is 4.79 Å². The summed E-state index contributed by atoms with van der Waals surface area (Å²) < 4.78 is 1.74. The molecule has 8 heteroatoms. The van der Waals surface area contributed by atoms with Crippen LogP contribution in [0.15, 0.2) is 97.3 Å². The summed E-state index contributed by atoms with van der Waals surface area (Å²) in [6, 6.07) is 25.9. The molecular formula is C31H29N7O. The van der Waals surface area contributed by atoms with Crippen molar-refractivity contribution in [1.29, 1.82) is 0 Å². The quantitative estimate of drug-likeness (QED) is 0.364. The first-order valence-corrected chi connectivity index (χ1v) is 13.1. The van der Waals surface area contributed by atoms with E-state index in [2.05, 4.69) is 68.4 Å². The number of carbonyl (C=O) groups is 1. The molecule has 0 aliphatic carbocycles. The molecule has 2 aliphatic rings. The van der Waals surface area contributed by atoms with E-state index < -0.39 is 0 Å². The Hall–Kier alpha value is -4.82. The molecule has 1 amide bonds. The second-order valence-electron chi connectivity index (χ2n) is 9.42. The lowest BCUT2D eigenvalue weighted by molar-refractivity contribution is 0.0736. The van der Waals surface area contributed by atoms with E-state index in [0.717, 1.165) is 66.4 Å². The van der Waals surface area contributed by atoms with Gasteiger partial charge in [0, 0.05) is 61.1 Å². The predicted molar refractivity (Wildman–Crippen MR) is 155 cm³/mol. The molecule has 3 aromatic carbocycles. The van der Waals surface area contributed by atoms with Gasteiger partial charge in [-0.3, -0.25) is 9.78 Å². The van der Waals surface area contributed by atoms with Gasteiger partial charge in [0.05, 0.1) is 17.4 Å². The van der Waals surface area contributed by atoms with Crippen molar-refractivity contribution in [2.45, 2.75) is 0 Å². The zero-order valence-corrected chi connectivity index (χ0v) is 21.5. The van der Waals surface area contributed by atoms with Gasteiger partial charge in [-0.2, -0.15) is 0 Å². The van der Waals surface area contributed by atoms with Crippen molar-refractivity contribution in [2.75, 3.05) is 38.0 Å². The van der Waals surface area contributed by atoms with Crippen LogP contribution in [0.1, 0.15) is 15.9 Å². The van der Waals surface area contributed by atoms with Gasteiger partial charge in [-0.1, -0.05) is 47.7 Å². The van der Waals surface area contributed by atoms with Crippen LogP contribution in [0.2, 0.25) is 0 Å². The molecule has 2 aromatic heterocycles. The number of hydrogen-bond acceptors (Lipinski definition) is 6. The Morgan fingerprint density at radius 3 is 2.56 bits per heavy atom. The van der Waals surface area contributed by atoms with Crippen LogP contribution in [0, 0.1) is 0 Å². The van der Waals surface area contributed by atoms with Gasteiger partial charge in [0.15, 0.2) is 0 Å².